The van der Waals surface area contributed by atoms with Crippen LogP contribution in [0.3, 0.4) is 0 Å². The van der Waals surface area contributed by atoms with Gasteiger partial charge in [-0.15, -0.1) is 23.7 Å². The van der Waals surface area contributed by atoms with Crippen LogP contribution in [-0.4, -0.2) is 16.1 Å². The van der Waals surface area contributed by atoms with Gasteiger partial charge in [-0.25, -0.2) is 4.98 Å². The van der Waals surface area contributed by atoms with Crippen molar-refractivity contribution in [3.8, 4) is 0 Å². The van der Waals surface area contributed by atoms with E-state index in [0.717, 1.165) is 0 Å². The van der Waals surface area contributed by atoms with Gasteiger partial charge >= 0.3 is 5.97 Å². The SMILES string of the molecule is Cl.O=C(O)Cc1cscn1. The Bertz CT molecular complexity index is 199. The number of thiazole rings is 1. The predicted molar refractivity (Wildman–Crippen MR) is 40.7 cm³/mol. The maximum atomic E-state index is 10.0. The summed E-state index contributed by atoms with van der Waals surface area (Å²) < 4.78 is 0. The number of carbonyl (C=O) groups is 1. The molecule has 0 radical (unpaired) electrons. The van der Waals surface area contributed by atoms with Gasteiger partial charge in [0, 0.05) is 5.38 Å². The first-order valence-electron chi connectivity index (χ1n) is 2.38. The van der Waals surface area contributed by atoms with Crippen molar-refractivity contribution in [3.05, 3.63) is 16.6 Å². The van der Waals surface area contributed by atoms with Crippen molar-refractivity contribution in [3.63, 3.8) is 0 Å². The third kappa shape index (κ3) is 2.80. The molecule has 0 spiro atoms. The lowest BCUT2D eigenvalue weighted by Gasteiger charge is -1.84. The molecule has 0 saturated carbocycles. The van der Waals surface area contributed by atoms with Crippen LogP contribution in [0.5, 0.6) is 0 Å². The van der Waals surface area contributed by atoms with E-state index in [-0.39, 0.29) is 18.8 Å². The van der Waals surface area contributed by atoms with E-state index in [2.05, 4.69) is 4.98 Å². The van der Waals surface area contributed by atoms with E-state index in [1.165, 1.54) is 11.3 Å². The van der Waals surface area contributed by atoms with Gasteiger partial charge in [0.25, 0.3) is 0 Å². The lowest BCUT2D eigenvalue weighted by molar-refractivity contribution is -0.136. The molecule has 0 unspecified atom stereocenters. The molecule has 56 valence electrons. The molecule has 1 heterocycles. The molecule has 0 saturated heterocycles. The normalized spacial score (nSPS) is 8.40. The first-order chi connectivity index (χ1) is 4.29. The summed E-state index contributed by atoms with van der Waals surface area (Å²) in [6.07, 6.45) is 0.0312. The van der Waals surface area contributed by atoms with Crippen LogP contribution in [0.4, 0.5) is 0 Å². The molecule has 0 fully saturated rings. The van der Waals surface area contributed by atoms with Crippen LogP contribution >= 0.6 is 23.7 Å². The fourth-order valence-corrected chi connectivity index (χ4v) is 1.04. The summed E-state index contributed by atoms with van der Waals surface area (Å²) in [6, 6.07) is 0. The van der Waals surface area contributed by atoms with E-state index < -0.39 is 5.97 Å². The van der Waals surface area contributed by atoms with Crippen molar-refractivity contribution in [2.45, 2.75) is 6.42 Å². The lowest BCUT2D eigenvalue weighted by Crippen LogP contribution is -1.99. The van der Waals surface area contributed by atoms with Crippen LogP contribution in [0.1, 0.15) is 5.69 Å². The van der Waals surface area contributed by atoms with Gasteiger partial charge in [0.15, 0.2) is 0 Å². The van der Waals surface area contributed by atoms with E-state index in [1.807, 2.05) is 0 Å². The zero-order valence-electron chi connectivity index (χ0n) is 4.98. The standard InChI is InChI=1S/C5H5NO2S.ClH/c7-5(8)1-4-2-9-3-6-4;/h2-3H,1H2,(H,7,8);1H. The minimum absolute atomic E-state index is 0. The van der Waals surface area contributed by atoms with Crippen molar-refractivity contribution in [1.29, 1.82) is 0 Å². The van der Waals surface area contributed by atoms with Gasteiger partial charge in [-0.3, -0.25) is 4.79 Å². The summed E-state index contributed by atoms with van der Waals surface area (Å²) >= 11 is 1.41. The predicted octanol–water partition coefficient (Wildman–Crippen LogP) is 1.19. The van der Waals surface area contributed by atoms with E-state index >= 15 is 0 Å². The number of halogens is 1. The number of hydrogen-bond donors (Lipinski definition) is 1. The number of aliphatic carboxylic acids is 1. The van der Waals surface area contributed by atoms with Crippen LogP contribution in [0.15, 0.2) is 10.9 Å². The first kappa shape index (κ1) is 9.39. The molecular formula is C5H6ClNO2S. The molecule has 0 aliphatic carbocycles. The second-order valence-corrected chi connectivity index (χ2v) is 2.27. The Kier molecular flexibility index (Phi) is 3.99. The highest BCUT2D eigenvalue weighted by Gasteiger charge is 1.99. The van der Waals surface area contributed by atoms with Crippen molar-refractivity contribution in [2.24, 2.45) is 0 Å². The molecule has 0 bridgehead atoms. The second kappa shape index (κ2) is 4.24. The minimum atomic E-state index is -0.833. The first-order valence-corrected chi connectivity index (χ1v) is 3.32. The molecule has 0 amide bonds. The molecule has 0 aliphatic rings. The van der Waals surface area contributed by atoms with Crippen LogP contribution in [0.2, 0.25) is 0 Å². The van der Waals surface area contributed by atoms with Crippen molar-refractivity contribution in [1.82, 2.24) is 4.98 Å². The van der Waals surface area contributed by atoms with Gasteiger partial charge in [-0.1, -0.05) is 0 Å². The summed E-state index contributed by atoms with van der Waals surface area (Å²) in [5.41, 5.74) is 2.26. The zero-order chi connectivity index (χ0) is 6.69. The number of hydrogen-bond acceptors (Lipinski definition) is 3. The molecule has 5 heteroatoms. The molecule has 0 atom stereocenters. The number of carboxylic acids is 1. The third-order valence-electron chi connectivity index (χ3n) is 0.816. The summed E-state index contributed by atoms with van der Waals surface area (Å²) in [5, 5.41) is 9.98. The maximum absolute atomic E-state index is 10.0. The topological polar surface area (TPSA) is 50.2 Å². The van der Waals surface area contributed by atoms with Gasteiger partial charge in [-0.05, 0) is 0 Å². The molecule has 0 aromatic carbocycles. The van der Waals surface area contributed by atoms with Crippen molar-refractivity contribution in [2.75, 3.05) is 0 Å². The fourth-order valence-electron chi connectivity index (χ4n) is 0.480. The smallest absolute Gasteiger partial charge is 0.309 e. The third-order valence-corrected chi connectivity index (χ3v) is 1.45. The number of aromatic nitrogens is 1. The van der Waals surface area contributed by atoms with E-state index in [9.17, 15) is 4.79 Å². The van der Waals surface area contributed by atoms with E-state index in [4.69, 9.17) is 5.11 Å². The van der Waals surface area contributed by atoms with Crippen molar-refractivity contribution < 1.29 is 9.90 Å². The Morgan fingerprint density at radius 2 is 2.50 bits per heavy atom. The highest BCUT2D eigenvalue weighted by atomic mass is 35.5. The molecule has 0 aliphatic heterocycles. The number of rotatable bonds is 2. The summed E-state index contributed by atoms with van der Waals surface area (Å²) in [5.74, 6) is -0.833. The molecular weight excluding hydrogens is 174 g/mol. The van der Waals surface area contributed by atoms with E-state index in [1.54, 1.807) is 10.9 Å². The van der Waals surface area contributed by atoms with E-state index in [0.29, 0.717) is 5.69 Å². The van der Waals surface area contributed by atoms with Gasteiger partial charge < -0.3 is 5.11 Å². The van der Waals surface area contributed by atoms with Crippen LogP contribution in [0.25, 0.3) is 0 Å². The Balaban J connectivity index is 0.000000810. The highest BCUT2D eigenvalue weighted by Crippen LogP contribution is 2.00. The largest absolute Gasteiger partial charge is 0.481 e. The molecule has 1 aromatic heterocycles. The Labute approximate surface area is 68.1 Å². The van der Waals surface area contributed by atoms with Gasteiger partial charge in [0.1, 0.15) is 0 Å². The van der Waals surface area contributed by atoms with Crippen LogP contribution in [0, 0.1) is 0 Å². The van der Waals surface area contributed by atoms with Gasteiger partial charge in [-0.2, -0.15) is 0 Å². The second-order valence-electron chi connectivity index (χ2n) is 1.55. The molecule has 10 heavy (non-hydrogen) atoms. The summed E-state index contributed by atoms with van der Waals surface area (Å²) in [6.45, 7) is 0. The number of nitrogens with zero attached hydrogens (tertiary/aromatic N) is 1. The van der Waals surface area contributed by atoms with Gasteiger partial charge in [0.2, 0.25) is 0 Å². The maximum Gasteiger partial charge on any atom is 0.309 e. The zero-order valence-corrected chi connectivity index (χ0v) is 6.61. The van der Waals surface area contributed by atoms with Crippen LogP contribution in [-0.2, 0) is 11.2 Å². The lowest BCUT2D eigenvalue weighted by atomic mass is 10.3. The Morgan fingerprint density at radius 3 is 2.90 bits per heavy atom. The van der Waals surface area contributed by atoms with Crippen molar-refractivity contribution >= 4 is 29.7 Å². The summed E-state index contributed by atoms with van der Waals surface area (Å²) in [4.78, 5) is 13.8. The number of carboxylic acid groups (broad SMARTS) is 1. The van der Waals surface area contributed by atoms with Gasteiger partial charge in [0.05, 0.1) is 17.6 Å². The molecule has 1 N–H and O–H groups in total. The fraction of sp³-hybridized carbons (Fsp3) is 0.200. The highest BCUT2D eigenvalue weighted by molar-refractivity contribution is 7.07. The average molecular weight is 180 g/mol. The molecule has 1 aromatic rings. The average Bonchev–Trinajstić information content (AvgIpc) is 2.15. The minimum Gasteiger partial charge on any atom is -0.481 e. The monoisotopic (exact) mass is 179 g/mol. The molecule has 3 nitrogen and oxygen atoms in total. The Hall–Kier alpha value is -0.610. The summed E-state index contributed by atoms with van der Waals surface area (Å²) in [7, 11) is 0. The Morgan fingerprint density at radius 1 is 1.80 bits per heavy atom. The van der Waals surface area contributed by atoms with Crippen LogP contribution < -0.4 is 0 Å². The molecule has 1 rings (SSSR count). The quantitative estimate of drug-likeness (QED) is 0.742.